The summed E-state index contributed by atoms with van der Waals surface area (Å²) < 4.78 is 0. The number of β-amino-alcohol motifs (C(OH)–C–C–N with tert-alkyl or cyclic N) is 1. The SMILES string of the molecule is CC(O)CN1CCC(CNCC(=O)NC(C)c2cccs2)CC1. The molecule has 2 heterocycles. The minimum absolute atomic E-state index is 0.0532. The molecule has 0 radical (unpaired) electrons. The molecule has 1 fully saturated rings. The van der Waals surface area contributed by atoms with Crippen molar-refractivity contribution in [1.82, 2.24) is 15.5 Å². The molecular formula is C17H29N3O2S. The minimum Gasteiger partial charge on any atom is -0.392 e. The number of hydrogen-bond donors (Lipinski definition) is 3. The lowest BCUT2D eigenvalue weighted by atomic mass is 9.96. The number of thiophene rings is 1. The second kappa shape index (κ2) is 9.37. The number of amides is 1. The van der Waals surface area contributed by atoms with Crippen molar-refractivity contribution in [2.75, 3.05) is 32.7 Å². The van der Waals surface area contributed by atoms with Crippen LogP contribution in [0.15, 0.2) is 17.5 Å². The standard InChI is InChI=1S/C17H29N3O2S/c1-13(21)12-20-7-5-15(6-8-20)10-18-11-17(22)19-14(2)16-4-3-9-23-16/h3-4,9,13-15,18,21H,5-8,10-12H2,1-2H3,(H,19,22). The number of rotatable bonds is 8. The number of nitrogens with one attached hydrogen (secondary N) is 2. The Kier molecular flexibility index (Phi) is 7.49. The van der Waals surface area contributed by atoms with E-state index in [9.17, 15) is 9.90 Å². The van der Waals surface area contributed by atoms with E-state index in [1.807, 2.05) is 31.4 Å². The number of carbonyl (C=O) groups is 1. The summed E-state index contributed by atoms with van der Waals surface area (Å²) in [5, 5.41) is 17.7. The molecule has 1 amide bonds. The zero-order valence-corrected chi connectivity index (χ0v) is 14.9. The lowest BCUT2D eigenvalue weighted by Gasteiger charge is -2.32. The van der Waals surface area contributed by atoms with Crippen LogP contribution in [0.25, 0.3) is 0 Å². The average Bonchev–Trinajstić information content (AvgIpc) is 3.03. The molecule has 1 aromatic heterocycles. The largest absolute Gasteiger partial charge is 0.392 e. The van der Waals surface area contributed by atoms with Crippen LogP contribution < -0.4 is 10.6 Å². The van der Waals surface area contributed by atoms with Crippen molar-refractivity contribution in [2.24, 2.45) is 5.92 Å². The van der Waals surface area contributed by atoms with Crippen LogP contribution >= 0.6 is 11.3 Å². The summed E-state index contributed by atoms with van der Waals surface area (Å²) in [5.74, 6) is 0.681. The zero-order valence-electron chi connectivity index (χ0n) is 14.1. The van der Waals surface area contributed by atoms with Crippen molar-refractivity contribution in [3.8, 4) is 0 Å². The highest BCUT2D eigenvalue weighted by Gasteiger charge is 2.20. The van der Waals surface area contributed by atoms with Crippen molar-refractivity contribution >= 4 is 17.2 Å². The zero-order chi connectivity index (χ0) is 16.7. The highest BCUT2D eigenvalue weighted by Crippen LogP contribution is 2.18. The Morgan fingerprint density at radius 2 is 2.17 bits per heavy atom. The van der Waals surface area contributed by atoms with Gasteiger partial charge >= 0.3 is 0 Å². The van der Waals surface area contributed by atoms with Gasteiger partial charge in [0.25, 0.3) is 0 Å². The summed E-state index contributed by atoms with van der Waals surface area (Å²) in [6, 6.07) is 4.13. The monoisotopic (exact) mass is 339 g/mol. The molecule has 0 spiro atoms. The molecule has 1 saturated heterocycles. The van der Waals surface area contributed by atoms with Gasteiger partial charge in [0.1, 0.15) is 0 Å². The Labute approximate surface area is 143 Å². The van der Waals surface area contributed by atoms with E-state index < -0.39 is 0 Å². The van der Waals surface area contributed by atoms with Crippen molar-refractivity contribution in [2.45, 2.75) is 38.8 Å². The molecule has 2 rings (SSSR count). The molecule has 2 unspecified atom stereocenters. The lowest BCUT2D eigenvalue weighted by molar-refractivity contribution is -0.120. The van der Waals surface area contributed by atoms with Gasteiger partial charge in [-0.2, -0.15) is 0 Å². The topological polar surface area (TPSA) is 64.6 Å². The van der Waals surface area contributed by atoms with Gasteiger partial charge in [-0.25, -0.2) is 0 Å². The predicted octanol–water partition coefficient (Wildman–Crippen LogP) is 1.61. The number of aliphatic hydroxyl groups excluding tert-OH is 1. The molecule has 2 atom stereocenters. The molecular weight excluding hydrogens is 310 g/mol. The highest BCUT2D eigenvalue weighted by atomic mass is 32.1. The van der Waals surface area contributed by atoms with Gasteiger partial charge in [0.05, 0.1) is 18.7 Å². The molecule has 3 N–H and O–H groups in total. The van der Waals surface area contributed by atoms with Crippen LogP contribution in [0.1, 0.15) is 37.6 Å². The van der Waals surface area contributed by atoms with Crippen LogP contribution in [0.5, 0.6) is 0 Å². The van der Waals surface area contributed by atoms with Gasteiger partial charge in [-0.1, -0.05) is 6.07 Å². The second-order valence-electron chi connectivity index (χ2n) is 6.53. The fourth-order valence-corrected chi connectivity index (χ4v) is 3.77. The highest BCUT2D eigenvalue weighted by molar-refractivity contribution is 7.10. The Bertz CT molecular complexity index is 456. The second-order valence-corrected chi connectivity index (χ2v) is 7.51. The van der Waals surface area contributed by atoms with E-state index in [0.29, 0.717) is 12.5 Å². The molecule has 1 aromatic rings. The Morgan fingerprint density at radius 3 is 2.78 bits per heavy atom. The molecule has 0 aliphatic carbocycles. The predicted molar refractivity (Wildman–Crippen MR) is 94.6 cm³/mol. The van der Waals surface area contributed by atoms with Gasteiger partial charge in [-0.05, 0) is 63.7 Å². The van der Waals surface area contributed by atoms with Gasteiger partial charge in [0.15, 0.2) is 0 Å². The van der Waals surface area contributed by atoms with E-state index in [1.165, 1.54) is 4.88 Å². The number of carbonyl (C=O) groups excluding carboxylic acids is 1. The normalized spacial score (nSPS) is 19.4. The quantitative estimate of drug-likeness (QED) is 0.673. The van der Waals surface area contributed by atoms with E-state index >= 15 is 0 Å². The first-order valence-electron chi connectivity index (χ1n) is 8.48. The fourth-order valence-electron chi connectivity index (χ4n) is 3.04. The summed E-state index contributed by atoms with van der Waals surface area (Å²) in [6.07, 6.45) is 2.01. The van der Waals surface area contributed by atoms with Crippen LogP contribution in [0.4, 0.5) is 0 Å². The fraction of sp³-hybridized carbons (Fsp3) is 0.706. The maximum atomic E-state index is 12.0. The van der Waals surface area contributed by atoms with E-state index in [0.717, 1.165) is 39.0 Å². The maximum absolute atomic E-state index is 12.0. The summed E-state index contributed by atoms with van der Waals surface area (Å²) in [5.41, 5.74) is 0. The van der Waals surface area contributed by atoms with Crippen molar-refractivity contribution in [3.05, 3.63) is 22.4 Å². The van der Waals surface area contributed by atoms with Crippen LogP contribution in [0, 0.1) is 5.92 Å². The molecule has 1 aliphatic heterocycles. The minimum atomic E-state index is -0.251. The molecule has 0 saturated carbocycles. The van der Waals surface area contributed by atoms with Gasteiger partial charge in [0.2, 0.25) is 5.91 Å². The molecule has 130 valence electrons. The molecule has 23 heavy (non-hydrogen) atoms. The third kappa shape index (κ3) is 6.59. The van der Waals surface area contributed by atoms with Crippen molar-refractivity contribution in [3.63, 3.8) is 0 Å². The number of piperidine rings is 1. The van der Waals surface area contributed by atoms with Crippen LogP contribution in [0.3, 0.4) is 0 Å². The summed E-state index contributed by atoms with van der Waals surface area (Å²) in [4.78, 5) is 15.5. The van der Waals surface area contributed by atoms with E-state index in [4.69, 9.17) is 0 Å². The van der Waals surface area contributed by atoms with Crippen LogP contribution in [-0.4, -0.2) is 54.7 Å². The van der Waals surface area contributed by atoms with Crippen molar-refractivity contribution < 1.29 is 9.90 Å². The van der Waals surface area contributed by atoms with Crippen LogP contribution in [0.2, 0.25) is 0 Å². The number of likely N-dealkylation sites (tertiary alicyclic amines) is 1. The lowest BCUT2D eigenvalue weighted by Crippen LogP contribution is -2.42. The van der Waals surface area contributed by atoms with Gasteiger partial charge in [-0.3, -0.25) is 4.79 Å². The van der Waals surface area contributed by atoms with Crippen LogP contribution in [-0.2, 0) is 4.79 Å². The van der Waals surface area contributed by atoms with E-state index in [-0.39, 0.29) is 18.1 Å². The maximum Gasteiger partial charge on any atom is 0.234 e. The third-order valence-corrected chi connectivity index (χ3v) is 5.35. The summed E-state index contributed by atoms with van der Waals surface area (Å²) in [6.45, 7) is 7.97. The summed E-state index contributed by atoms with van der Waals surface area (Å²) in [7, 11) is 0. The Balaban J connectivity index is 1.57. The van der Waals surface area contributed by atoms with Gasteiger partial charge in [0, 0.05) is 11.4 Å². The smallest absolute Gasteiger partial charge is 0.234 e. The van der Waals surface area contributed by atoms with E-state index in [2.05, 4.69) is 15.5 Å². The van der Waals surface area contributed by atoms with E-state index in [1.54, 1.807) is 11.3 Å². The summed E-state index contributed by atoms with van der Waals surface area (Å²) >= 11 is 1.67. The number of nitrogens with zero attached hydrogens (tertiary/aromatic N) is 1. The van der Waals surface area contributed by atoms with Crippen molar-refractivity contribution in [1.29, 1.82) is 0 Å². The first kappa shape index (κ1) is 18.4. The third-order valence-electron chi connectivity index (χ3n) is 4.30. The first-order chi connectivity index (χ1) is 11.0. The molecule has 5 nitrogen and oxygen atoms in total. The Hall–Kier alpha value is -0.950. The Morgan fingerprint density at radius 1 is 1.43 bits per heavy atom. The number of hydrogen-bond acceptors (Lipinski definition) is 5. The van der Waals surface area contributed by atoms with Gasteiger partial charge < -0.3 is 20.6 Å². The molecule has 1 aliphatic rings. The first-order valence-corrected chi connectivity index (χ1v) is 9.36. The average molecular weight is 340 g/mol. The number of aliphatic hydroxyl groups is 1. The molecule has 6 heteroatoms. The van der Waals surface area contributed by atoms with Gasteiger partial charge in [-0.15, -0.1) is 11.3 Å². The molecule has 0 aromatic carbocycles. The molecule has 0 bridgehead atoms.